The van der Waals surface area contributed by atoms with Crippen LogP contribution in [0.15, 0.2) is 76.3 Å². The fraction of sp³-hybridized carbons (Fsp3) is 0.185. The predicted molar refractivity (Wildman–Crippen MR) is 150 cm³/mol. The Hall–Kier alpha value is -4.40. The molecule has 220 valence electrons. The number of carbonyl (C=O) groups is 1. The third kappa shape index (κ3) is 7.46. The van der Waals surface area contributed by atoms with Gasteiger partial charge >= 0.3 is 5.69 Å². The normalized spacial score (nSPS) is 12.0. The third-order valence-corrected chi connectivity index (χ3v) is 6.60. The monoisotopic (exact) mass is 618 g/mol. The second kappa shape index (κ2) is 12.6. The standard InChI is InChI=1S/C27H24ClF2N5O6S/c1-27(2,25(37)33-42(39)40)15-35-23(36)13-22(34(26(35)38)14-16-3-5-17(28)6-4-16)31-18-7-9-19(10-8-18)41-24-20(29)11-12-21(30)32-24/h3-13,31H,14-15H2,1-2H3,(H,33,37)(H,39,40)/p-1. The van der Waals surface area contributed by atoms with Gasteiger partial charge in [0.15, 0.2) is 5.82 Å². The van der Waals surface area contributed by atoms with E-state index in [-0.39, 0.29) is 18.1 Å². The maximum absolute atomic E-state index is 13.9. The average Bonchev–Trinajstić information content (AvgIpc) is 2.92. The number of anilines is 2. The van der Waals surface area contributed by atoms with E-state index in [0.29, 0.717) is 16.3 Å². The van der Waals surface area contributed by atoms with E-state index in [1.54, 1.807) is 29.0 Å². The van der Waals surface area contributed by atoms with E-state index < -0.39 is 58.0 Å². The van der Waals surface area contributed by atoms with E-state index in [9.17, 15) is 31.9 Å². The maximum Gasteiger partial charge on any atom is 0.332 e. The lowest BCUT2D eigenvalue weighted by molar-refractivity contribution is -0.128. The number of rotatable bonds is 10. The first-order valence-electron chi connectivity index (χ1n) is 12.2. The van der Waals surface area contributed by atoms with E-state index in [1.165, 1.54) is 42.7 Å². The second-order valence-corrected chi connectivity index (χ2v) is 10.8. The number of benzene rings is 2. The van der Waals surface area contributed by atoms with Crippen molar-refractivity contribution in [1.82, 2.24) is 18.8 Å². The van der Waals surface area contributed by atoms with Crippen LogP contribution in [0.3, 0.4) is 0 Å². The van der Waals surface area contributed by atoms with Gasteiger partial charge in [0.1, 0.15) is 11.6 Å². The van der Waals surface area contributed by atoms with Gasteiger partial charge < -0.3 is 14.6 Å². The van der Waals surface area contributed by atoms with Crippen LogP contribution in [0.1, 0.15) is 19.4 Å². The van der Waals surface area contributed by atoms with Crippen LogP contribution < -0.4 is 26.0 Å². The minimum Gasteiger partial charge on any atom is -0.755 e. The smallest absolute Gasteiger partial charge is 0.332 e. The van der Waals surface area contributed by atoms with Crippen LogP contribution >= 0.6 is 11.6 Å². The summed E-state index contributed by atoms with van der Waals surface area (Å²) in [6.07, 6.45) is 0. The van der Waals surface area contributed by atoms with E-state index >= 15 is 0 Å². The molecule has 11 nitrogen and oxygen atoms in total. The minimum absolute atomic E-state index is 0.00152. The van der Waals surface area contributed by atoms with Crippen molar-refractivity contribution in [3.8, 4) is 11.6 Å². The Balaban J connectivity index is 1.68. The highest BCUT2D eigenvalue weighted by Crippen LogP contribution is 2.25. The molecule has 1 atom stereocenters. The first-order chi connectivity index (χ1) is 19.8. The van der Waals surface area contributed by atoms with Gasteiger partial charge in [0, 0.05) is 34.6 Å². The number of hydrogen-bond donors (Lipinski definition) is 2. The molecule has 1 amide bonds. The molecule has 2 aromatic carbocycles. The summed E-state index contributed by atoms with van der Waals surface area (Å²) >= 11 is 3.11. The van der Waals surface area contributed by atoms with E-state index in [2.05, 4.69) is 10.3 Å². The van der Waals surface area contributed by atoms with Crippen LogP contribution in [0.5, 0.6) is 11.6 Å². The molecule has 2 heterocycles. The molecule has 0 aliphatic heterocycles. The zero-order valence-electron chi connectivity index (χ0n) is 22.1. The van der Waals surface area contributed by atoms with E-state index in [1.807, 2.05) is 0 Å². The van der Waals surface area contributed by atoms with Crippen molar-refractivity contribution in [3.05, 3.63) is 110 Å². The van der Waals surface area contributed by atoms with Crippen molar-refractivity contribution < 1.29 is 27.1 Å². The van der Waals surface area contributed by atoms with Gasteiger partial charge in [-0.25, -0.2) is 9.18 Å². The number of pyridine rings is 1. The van der Waals surface area contributed by atoms with Crippen molar-refractivity contribution >= 4 is 40.3 Å². The summed E-state index contributed by atoms with van der Waals surface area (Å²) in [6, 6.07) is 15.5. The second-order valence-electron chi connectivity index (χ2n) is 9.67. The fourth-order valence-electron chi connectivity index (χ4n) is 3.81. The van der Waals surface area contributed by atoms with Gasteiger partial charge in [-0.15, -0.1) is 0 Å². The molecule has 2 aromatic heterocycles. The lowest BCUT2D eigenvalue weighted by Gasteiger charge is -2.25. The Morgan fingerprint density at radius 1 is 1.05 bits per heavy atom. The van der Waals surface area contributed by atoms with Crippen molar-refractivity contribution in [3.63, 3.8) is 0 Å². The van der Waals surface area contributed by atoms with Crippen molar-refractivity contribution in [2.75, 3.05) is 5.32 Å². The molecule has 2 N–H and O–H groups in total. The van der Waals surface area contributed by atoms with Gasteiger partial charge in [-0.2, -0.15) is 9.37 Å². The first kappa shape index (κ1) is 30.6. The van der Waals surface area contributed by atoms with Gasteiger partial charge in [-0.3, -0.25) is 27.7 Å². The minimum atomic E-state index is -2.87. The zero-order chi connectivity index (χ0) is 30.6. The molecule has 4 aromatic rings. The molecule has 0 aliphatic carbocycles. The molecule has 15 heteroatoms. The highest BCUT2D eigenvalue weighted by Gasteiger charge is 2.30. The third-order valence-electron chi connectivity index (χ3n) is 6.00. The van der Waals surface area contributed by atoms with E-state index in [4.69, 9.17) is 16.3 Å². The number of nitrogens with one attached hydrogen (secondary N) is 2. The molecular weight excluding hydrogens is 596 g/mol. The Kier molecular flexibility index (Phi) is 9.19. The SMILES string of the molecule is CC(C)(Cn1c(=O)cc(Nc2ccc(Oc3nc(F)ccc3F)cc2)n(Cc2ccc(Cl)cc2)c1=O)C(=O)NS(=O)[O-]. The summed E-state index contributed by atoms with van der Waals surface area (Å²) in [5.74, 6) is -2.97. The van der Waals surface area contributed by atoms with Crippen LogP contribution in [0, 0.1) is 17.2 Å². The molecule has 42 heavy (non-hydrogen) atoms. The largest absolute Gasteiger partial charge is 0.755 e. The number of nitrogens with zero attached hydrogens (tertiary/aromatic N) is 3. The molecule has 4 rings (SSSR count). The summed E-state index contributed by atoms with van der Waals surface area (Å²) in [5, 5.41) is 3.47. The lowest BCUT2D eigenvalue weighted by atomic mass is 9.92. The van der Waals surface area contributed by atoms with Crippen molar-refractivity contribution in [2.45, 2.75) is 26.9 Å². The van der Waals surface area contributed by atoms with Gasteiger partial charge in [0.2, 0.25) is 11.9 Å². The zero-order valence-corrected chi connectivity index (χ0v) is 23.7. The highest BCUT2D eigenvalue weighted by molar-refractivity contribution is 7.77. The summed E-state index contributed by atoms with van der Waals surface area (Å²) in [7, 11) is 0. The van der Waals surface area contributed by atoms with Gasteiger partial charge in [0.05, 0.1) is 12.0 Å². The van der Waals surface area contributed by atoms with Crippen molar-refractivity contribution in [1.29, 1.82) is 0 Å². The van der Waals surface area contributed by atoms with Gasteiger partial charge in [0.25, 0.3) is 11.4 Å². The molecule has 0 fully saturated rings. The van der Waals surface area contributed by atoms with Crippen LogP contribution in [0.25, 0.3) is 0 Å². The van der Waals surface area contributed by atoms with Crippen LogP contribution in [-0.4, -0.2) is 28.8 Å². The number of ether oxygens (including phenoxy) is 1. The Bertz CT molecular complexity index is 1760. The predicted octanol–water partition coefficient (Wildman–Crippen LogP) is 3.86. The number of hydrogen-bond acceptors (Lipinski definition) is 8. The molecular formula is C27H23ClF2N5O6S-. The molecule has 0 bridgehead atoms. The molecule has 0 aliphatic rings. The molecule has 0 saturated carbocycles. The lowest BCUT2D eigenvalue weighted by Crippen LogP contribution is -2.47. The van der Waals surface area contributed by atoms with Crippen LogP contribution in [-0.2, 0) is 29.2 Å². The molecule has 0 radical (unpaired) electrons. The van der Waals surface area contributed by atoms with Crippen LogP contribution in [0.4, 0.5) is 20.3 Å². The van der Waals surface area contributed by atoms with Gasteiger partial charge in [-0.1, -0.05) is 23.7 Å². The maximum atomic E-state index is 13.9. The van der Waals surface area contributed by atoms with E-state index in [0.717, 1.165) is 22.8 Å². The Labute approximate surface area is 245 Å². The summed E-state index contributed by atoms with van der Waals surface area (Å²) in [4.78, 5) is 42.5. The summed E-state index contributed by atoms with van der Waals surface area (Å²) in [6.45, 7) is 2.38. The number of carbonyl (C=O) groups excluding carboxylic acids is 1. The number of halogens is 3. The topological polar surface area (TPSA) is 147 Å². The molecule has 0 saturated heterocycles. The fourth-order valence-corrected chi connectivity index (χ4v) is 4.36. The Morgan fingerprint density at radius 2 is 1.71 bits per heavy atom. The Morgan fingerprint density at radius 3 is 2.36 bits per heavy atom. The average molecular weight is 619 g/mol. The molecule has 0 spiro atoms. The summed E-state index contributed by atoms with van der Waals surface area (Å²) < 4.78 is 58.3. The summed E-state index contributed by atoms with van der Waals surface area (Å²) in [5.41, 5.74) is -1.87. The quantitative estimate of drug-likeness (QED) is 0.201. The van der Waals surface area contributed by atoms with Crippen molar-refractivity contribution in [2.24, 2.45) is 5.41 Å². The molecule has 1 unspecified atom stereocenters. The number of amides is 1. The highest BCUT2D eigenvalue weighted by atomic mass is 35.5. The first-order valence-corrected chi connectivity index (χ1v) is 13.6. The van der Waals surface area contributed by atoms with Gasteiger partial charge in [-0.05, 0) is 67.9 Å². The number of aromatic nitrogens is 3. The van der Waals surface area contributed by atoms with Crippen LogP contribution in [0.2, 0.25) is 5.02 Å².